The van der Waals surface area contributed by atoms with Crippen LogP contribution in [0.15, 0.2) is 36.5 Å². The normalized spacial score (nSPS) is 12.7. The van der Waals surface area contributed by atoms with Gasteiger partial charge in [0, 0.05) is 23.7 Å². The Morgan fingerprint density at radius 2 is 1.95 bits per heavy atom. The van der Waals surface area contributed by atoms with Gasteiger partial charge in [0.2, 0.25) is 0 Å². The lowest BCUT2D eigenvalue weighted by atomic mass is 9.79. The number of anilines is 1. The molecule has 0 radical (unpaired) electrons. The lowest BCUT2D eigenvalue weighted by molar-refractivity contribution is 0.389. The summed E-state index contributed by atoms with van der Waals surface area (Å²) in [5.74, 6) is 0. The molecule has 0 spiro atoms. The van der Waals surface area contributed by atoms with Gasteiger partial charge in [-0.3, -0.25) is 0 Å². The molecule has 3 N–H and O–H groups in total. The molecule has 1 heterocycles. The summed E-state index contributed by atoms with van der Waals surface area (Å²) in [4.78, 5) is 5.26. The van der Waals surface area contributed by atoms with Gasteiger partial charge in [-0.25, -0.2) is 4.98 Å². The van der Waals surface area contributed by atoms with Crippen LogP contribution in [0.3, 0.4) is 0 Å². The van der Waals surface area contributed by atoms with E-state index in [1.165, 1.54) is 10.4 Å². The monoisotopic (exact) mass is 325 g/mol. The number of hydrogen-bond acceptors (Lipinski definition) is 4. The second-order valence-corrected chi connectivity index (χ2v) is 7.05. The number of nitrogens with two attached hydrogens (primary N) is 1. The Morgan fingerprint density at radius 3 is 2.52 bits per heavy atom. The van der Waals surface area contributed by atoms with Crippen molar-refractivity contribution in [1.82, 2.24) is 10.3 Å². The van der Waals surface area contributed by atoms with Crippen LogP contribution in [0.2, 0.25) is 0 Å². The molecule has 0 fully saturated rings. The molecule has 0 aliphatic carbocycles. The molecular formula is C16H24ClN3S. The van der Waals surface area contributed by atoms with Crippen molar-refractivity contribution in [1.29, 1.82) is 0 Å². The molecule has 1 aromatic carbocycles. The van der Waals surface area contributed by atoms with E-state index in [0.29, 0.717) is 11.2 Å². The molecule has 0 saturated carbocycles. The highest BCUT2D eigenvalue weighted by Crippen LogP contribution is 2.28. The van der Waals surface area contributed by atoms with Crippen LogP contribution in [0.4, 0.5) is 5.13 Å². The van der Waals surface area contributed by atoms with Gasteiger partial charge in [0.15, 0.2) is 5.13 Å². The Kier molecular flexibility index (Phi) is 6.65. The Balaban J connectivity index is 0.00000220. The van der Waals surface area contributed by atoms with E-state index >= 15 is 0 Å². The van der Waals surface area contributed by atoms with Crippen LogP contribution >= 0.6 is 23.7 Å². The third-order valence-corrected chi connectivity index (χ3v) is 4.39. The summed E-state index contributed by atoms with van der Waals surface area (Å²) in [7, 11) is 0. The smallest absolute Gasteiger partial charge is 0.180 e. The van der Waals surface area contributed by atoms with Gasteiger partial charge in [-0.05, 0) is 24.3 Å². The van der Waals surface area contributed by atoms with Gasteiger partial charge in [0.1, 0.15) is 0 Å². The molecular weight excluding hydrogens is 302 g/mol. The molecule has 0 saturated heterocycles. The summed E-state index contributed by atoms with van der Waals surface area (Å²) < 4.78 is 0. The van der Waals surface area contributed by atoms with Crippen molar-refractivity contribution >= 4 is 28.9 Å². The molecule has 2 aromatic rings. The SMILES string of the molecule is CC(CC(C)(C)c1ccccc1)NCc1cnc(N)s1.Cl. The summed E-state index contributed by atoms with van der Waals surface area (Å²) >= 11 is 1.55. The maximum Gasteiger partial charge on any atom is 0.180 e. The van der Waals surface area contributed by atoms with Crippen molar-refractivity contribution in [3.8, 4) is 0 Å². The first-order valence-electron chi connectivity index (χ1n) is 6.96. The summed E-state index contributed by atoms with van der Waals surface area (Å²) in [6.45, 7) is 7.66. The third-order valence-electron chi connectivity index (χ3n) is 3.57. The zero-order valence-corrected chi connectivity index (χ0v) is 14.4. The molecule has 5 heteroatoms. The second-order valence-electron chi connectivity index (χ2n) is 5.90. The molecule has 1 atom stereocenters. The lowest BCUT2D eigenvalue weighted by Gasteiger charge is -2.29. The zero-order chi connectivity index (χ0) is 14.6. The number of benzene rings is 1. The summed E-state index contributed by atoms with van der Waals surface area (Å²) in [5.41, 5.74) is 7.19. The first kappa shape index (κ1) is 18.0. The molecule has 2 rings (SSSR count). The van der Waals surface area contributed by atoms with E-state index in [9.17, 15) is 0 Å². The summed E-state index contributed by atoms with van der Waals surface area (Å²) in [6.07, 6.45) is 2.94. The van der Waals surface area contributed by atoms with Gasteiger partial charge in [-0.15, -0.1) is 23.7 Å². The third kappa shape index (κ3) is 5.30. The molecule has 0 amide bonds. The number of halogens is 1. The number of nitrogen functional groups attached to an aromatic ring is 1. The van der Waals surface area contributed by atoms with E-state index in [2.05, 4.69) is 61.4 Å². The molecule has 0 aliphatic heterocycles. The number of thiazole rings is 1. The topological polar surface area (TPSA) is 50.9 Å². The minimum absolute atomic E-state index is 0. The van der Waals surface area contributed by atoms with Crippen molar-refractivity contribution in [2.45, 2.75) is 45.2 Å². The molecule has 1 aromatic heterocycles. The van der Waals surface area contributed by atoms with E-state index in [-0.39, 0.29) is 17.8 Å². The van der Waals surface area contributed by atoms with Crippen LogP contribution < -0.4 is 11.1 Å². The Hall–Kier alpha value is -1.10. The summed E-state index contributed by atoms with van der Waals surface area (Å²) in [5, 5.41) is 4.19. The van der Waals surface area contributed by atoms with Crippen molar-refractivity contribution in [2.24, 2.45) is 0 Å². The van der Waals surface area contributed by atoms with Crippen LogP contribution in [0.25, 0.3) is 0 Å². The minimum Gasteiger partial charge on any atom is -0.375 e. The fraction of sp³-hybridized carbons (Fsp3) is 0.438. The predicted molar refractivity (Wildman–Crippen MR) is 94.2 cm³/mol. The van der Waals surface area contributed by atoms with Gasteiger partial charge < -0.3 is 11.1 Å². The number of nitrogens with zero attached hydrogens (tertiary/aromatic N) is 1. The average molecular weight is 326 g/mol. The highest BCUT2D eigenvalue weighted by atomic mass is 35.5. The van der Waals surface area contributed by atoms with Crippen LogP contribution in [0.5, 0.6) is 0 Å². The van der Waals surface area contributed by atoms with E-state index in [0.717, 1.165) is 13.0 Å². The number of rotatable bonds is 6. The minimum atomic E-state index is 0. The van der Waals surface area contributed by atoms with Gasteiger partial charge >= 0.3 is 0 Å². The average Bonchev–Trinajstić information content (AvgIpc) is 2.83. The van der Waals surface area contributed by atoms with E-state index < -0.39 is 0 Å². The second kappa shape index (κ2) is 7.78. The highest BCUT2D eigenvalue weighted by molar-refractivity contribution is 7.15. The Morgan fingerprint density at radius 1 is 1.29 bits per heavy atom. The molecule has 3 nitrogen and oxygen atoms in total. The standard InChI is InChI=1S/C16H23N3S.ClH/c1-12(18-10-14-11-19-15(17)20-14)9-16(2,3)13-7-5-4-6-8-13;/h4-8,11-12,18H,9-10H2,1-3H3,(H2,17,19);1H. The highest BCUT2D eigenvalue weighted by Gasteiger charge is 2.22. The first-order valence-corrected chi connectivity index (χ1v) is 7.78. The predicted octanol–water partition coefficient (Wildman–Crippen LogP) is 3.99. The molecule has 0 aliphatic rings. The maximum atomic E-state index is 5.64. The largest absolute Gasteiger partial charge is 0.375 e. The van der Waals surface area contributed by atoms with Crippen molar-refractivity contribution < 1.29 is 0 Å². The number of nitrogens with one attached hydrogen (secondary N) is 1. The zero-order valence-electron chi connectivity index (χ0n) is 12.8. The Labute approximate surface area is 137 Å². The van der Waals surface area contributed by atoms with Gasteiger partial charge in [-0.1, -0.05) is 44.2 Å². The van der Waals surface area contributed by atoms with E-state index in [1.807, 2.05) is 6.20 Å². The van der Waals surface area contributed by atoms with Crippen LogP contribution in [-0.4, -0.2) is 11.0 Å². The van der Waals surface area contributed by atoms with Crippen molar-refractivity contribution in [3.05, 3.63) is 47.0 Å². The fourth-order valence-corrected chi connectivity index (χ4v) is 3.16. The maximum absolute atomic E-state index is 5.64. The van der Waals surface area contributed by atoms with E-state index in [4.69, 9.17) is 5.73 Å². The number of hydrogen-bond donors (Lipinski definition) is 2. The van der Waals surface area contributed by atoms with Crippen molar-refractivity contribution in [2.75, 3.05) is 5.73 Å². The fourth-order valence-electron chi connectivity index (χ4n) is 2.52. The van der Waals surface area contributed by atoms with E-state index in [1.54, 1.807) is 11.3 Å². The molecule has 21 heavy (non-hydrogen) atoms. The van der Waals surface area contributed by atoms with Crippen LogP contribution in [0.1, 0.15) is 37.6 Å². The summed E-state index contributed by atoms with van der Waals surface area (Å²) in [6, 6.07) is 11.1. The molecule has 116 valence electrons. The lowest BCUT2D eigenvalue weighted by Crippen LogP contribution is -2.32. The Bertz CT molecular complexity index is 539. The van der Waals surface area contributed by atoms with Crippen LogP contribution in [-0.2, 0) is 12.0 Å². The van der Waals surface area contributed by atoms with Crippen LogP contribution in [0, 0.1) is 0 Å². The molecule has 0 bridgehead atoms. The quantitative estimate of drug-likeness (QED) is 0.844. The van der Waals surface area contributed by atoms with Gasteiger partial charge in [0.25, 0.3) is 0 Å². The van der Waals surface area contributed by atoms with Gasteiger partial charge in [-0.2, -0.15) is 0 Å². The number of aromatic nitrogens is 1. The first-order chi connectivity index (χ1) is 9.47. The molecule has 1 unspecified atom stereocenters. The van der Waals surface area contributed by atoms with Crippen molar-refractivity contribution in [3.63, 3.8) is 0 Å². The van der Waals surface area contributed by atoms with Gasteiger partial charge in [0.05, 0.1) is 0 Å².